The third-order valence-electron chi connectivity index (χ3n) is 5.72. The van der Waals surface area contributed by atoms with Crippen molar-refractivity contribution >= 4 is 5.91 Å². The summed E-state index contributed by atoms with van der Waals surface area (Å²) in [4.78, 5) is 18.6. The molecule has 0 bridgehead atoms. The number of likely N-dealkylation sites (tertiary alicyclic amines) is 1. The van der Waals surface area contributed by atoms with Gasteiger partial charge in [-0.2, -0.15) is 0 Å². The highest BCUT2D eigenvalue weighted by Crippen LogP contribution is 2.33. The Morgan fingerprint density at radius 3 is 2.64 bits per heavy atom. The van der Waals surface area contributed by atoms with Crippen molar-refractivity contribution in [3.8, 4) is 0 Å². The van der Waals surface area contributed by atoms with Crippen LogP contribution in [0.5, 0.6) is 0 Å². The summed E-state index contributed by atoms with van der Waals surface area (Å²) in [6.45, 7) is 3.88. The molecule has 2 aliphatic rings. The van der Waals surface area contributed by atoms with E-state index in [1.165, 1.54) is 25.7 Å². The van der Waals surface area contributed by atoms with Crippen LogP contribution in [0, 0.1) is 6.92 Å². The summed E-state index contributed by atoms with van der Waals surface area (Å²) in [7, 11) is 0. The van der Waals surface area contributed by atoms with E-state index in [4.69, 9.17) is 0 Å². The van der Waals surface area contributed by atoms with E-state index in [1.54, 1.807) is 6.20 Å². The lowest BCUT2D eigenvalue weighted by Gasteiger charge is -2.32. The van der Waals surface area contributed by atoms with E-state index in [0.29, 0.717) is 18.5 Å². The van der Waals surface area contributed by atoms with Crippen LogP contribution in [0.3, 0.4) is 0 Å². The van der Waals surface area contributed by atoms with Crippen molar-refractivity contribution in [3.63, 3.8) is 0 Å². The Morgan fingerprint density at radius 2 is 1.96 bits per heavy atom. The fourth-order valence-electron chi connectivity index (χ4n) is 4.07. The minimum atomic E-state index is 0.171. The number of hydrogen-bond donors (Lipinski definition) is 0. The standard InChI is InChI=1S/C18H26N6O/c1-14-19-8-11-23(14)13-18(25)22-9-6-16(7-10-22)24-12-17(20-21-24)15-4-2-3-5-15/h8,11-12,15-16H,2-7,9-10,13H2,1H3. The maximum Gasteiger partial charge on any atom is 0.242 e. The third kappa shape index (κ3) is 3.45. The minimum absolute atomic E-state index is 0.171. The van der Waals surface area contributed by atoms with Gasteiger partial charge in [-0.05, 0) is 32.6 Å². The maximum absolute atomic E-state index is 12.5. The number of carbonyl (C=O) groups is 1. The van der Waals surface area contributed by atoms with Crippen molar-refractivity contribution in [1.82, 2.24) is 29.4 Å². The average Bonchev–Trinajstić information content (AvgIpc) is 3.37. The number of nitrogens with zero attached hydrogens (tertiary/aromatic N) is 6. The number of amides is 1. The van der Waals surface area contributed by atoms with Crippen LogP contribution in [0.15, 0.2) is 18.6 Å². The molecule has 3 heterocycles. The van der Waals surface area contributed by atoms with Crippen LogP contribution < -0.4 is 0 Å². The predicted molar refractivity (Wildman–Crippen MR) is 93.0 cm³/mol. The SMILES string of the molecule is Cc1nccn1CC(=O)N1CCC(n2cc(C3CCCC3)nn2)CC1. The molecule has 2 fully saturated rings. The predicted octanol–water partition coefficient (Wildman–Crippen LogP) is 2.30. The second kappa shape index (κ2) is 6.98. The highest BCUT2D eigenvalue weighted by Gasteiger charge is 2.26. The molecule has 134 valence electrons. The molecule has 0 aromatic carbocycles. The van der Waals surface area contributed by atoms with Crippen LogP contribution in [0.1, 0.15) is 62.0 Å². The molecule has 2 aromatic rings. The van der Waals surface area contributed by atoms with Gasteiger partial charge in [0.05, 0.1) is 11.7 Å². The molecule has 0 atom stereocenters. The van der Waals surface area contributed by atoms with Gasteiger partial charge >= 0.3 is 0 Å². The summed E-state index contributed by atoms with van der Waals surface area (Å²) in [5.74, 6) is 1.66. The first-order valence-electron chi connectivity index (χ1n) is 9.38. The van der Waals surface area contributed by atoms with Crippen LogP contribution in [0.2, 0.25) is 0 Å². The smallest absolute Gasteiger partial charge is 0.242 e. The zero-order chi connectivity index (χ0) is 17.2. The Labute approximate surface area is 148 Å². The van der Waals surface area contributed by atoms with E-state index in [1.807, 2.05) is 27.3 Å². The zero-order valence-electron chi connectivity index (χ0n) is 14.8. The maximum atomic E-state index is 12.5. The fraction of sp³-hybridized carbons (Fsp3) is 0.667. The molecule has 4 rings (SSSR count). The van der Waals surface area contributed by atoms with E-state index < -0.39 is 0 Å². The van der Waals surface area contributed by atoms with Crippen molar-refractivity contribution in [2.24, 2.45) is 0 Å². The van der Waals surface area contributed by atoms with Gasteiger partial charge in [0.15, 0.2) is 0 Å². The topological polar surface area (TPSA) is 68.8 Å². The molecule has 0 radical (unpaired) electrons. The Morgan fingerprint density at radius 1 is 1.20 bits per heavy atom. The number of carbonyl (C=O) groups excluding carboxylic acids is 1. The Hall–Kier alpha value is -2.18. The molecular weight excluding hydrogens is 316 g/mol. The van der Waals surface area contributed by atoms with E-state index in [9.17, 15) is 4.79 Å². The number of rotatable bonds is 4. The van der Waals surface area contributed by atoms with Gasteiger partial charge < -0.3 is 9.47 Å². The highest BCUT2D eigenvalue weighted by molar-refractivity contribution is 5.76. The summed E-state index contributed by atoms with van der Waals surface area (Å²) in [5, 5.41) is 8.79. The number of aromatic nitrogens is 5. The molecule has 1 saturated heterocycles. The van der Waals surface area contributed by atoms with E-state index in [2.05, 4.69) is 21.5 Å². The molecule has 7 heteroatoms. The van der Waals surface area contributed by atoms with Crippen molar-refractivity contribution < 1.29 is 4.79 Å². The second-order valence-corrected chi connectivity index (χ2v) is 7.32. The van der Waals surface area contributed by atoms with Crippen LogP contribution in [0.4, 0.5) is 0 Å². The molecule has 7 nitrogen and oxygen atoms in total. The molecule has 2 aromatic heterocycles. The largest absolute Gasteiger partial charge is 0.341 e. The molecule has 25 heavy (non-hydrogen) atoms. The van der Waals surface area contributed by atoms with Crippen LogP contribution in [-0.4, -0.2) is 48.4 Å². The van der Waals surface area contributed by atoms with E-state index >= 15 is 0 Å². The lowest BCUT2D eigenvalue weighted by molar-refractivity contribution is -0.133. The van der Waals surface area contributed by atoms with Crippen LogP contribution in [-0.2, 0) is 11.3 Å². The lowest BCUT2D eigenvalue weighted by Crippen LogP contribution is -2.40. The number of imidazole rings is 1. The Kier molecular flexibility index (Phi) is 4.55. The third-order valence-corrected chi connectivity index (χ3v) is 5.72. The molecule has 1 aliphatic carbocycles. The normalized spacial score (nSPS) is 19.6. The number of piperidine rings is 1. The fourth-order valence-corrected chi connectivity index (χ4v) is 4.07. The van der Waals surface area contributed by atoms with Gasteiger partial charge in [0.1, 0.15) is 12.4 Å². The Bertz CT molecular complexity index is 722. The molecular formula is C18H26N6O. The number of aryl methyl sites for hydroxylation is 1. The van der Waals surface area contributed by atoms with Gasteiger partial charge in [0, 0.05) is 37.6 Å². The van der Waals surface area contributed by atoms with E-state index in [-0.39, 0.29) is 5.91 Å². The van der Waals surface area contributed by atoms with Gasteiger partial charge in [0.25, 0.3) is 0 Å². The average molecular weight is 342 g/mol. The minimum Gasteiger partial charge on any atom is -0.341 e. The monoisotopic (exact) mass is 342 g/mol. The van der Waals surface area contributed by atoms with Crippen LogP contribution in [0.25, 0.3) is 0 Å². The summed E-state index contributed by atoms with van der Waals surface area (Å²) in [6.07, 6.45) is 12.8. The Balaban J connectivity index is 1.32. The van der Waals surface area contributed by atoms with Crippen molar-refractivity contribution in [2.45, 2.75) is 64.0 Å². The summed E-state index contributed by atoms with van der Waals surface area (Å²) < 4.78 is 3.94. The van der Waals surface area contributed by atoms with Crippen molar-refractivity contribution in [1.29, 1.82) is 0 Å². The molecule has 0 N–H and O–H groups in total. The lowest BCUT2D eigenvalue weighted by atomic mass is 10.0. The van der Waals surface area contributed by atoms with Gasteiger partial charge in [0.2, 0.25) is 5.91 Å². The first kappa shape index (κ1) is 16.3. The first-order chi connectivity index (χ1) is 12.2. The van der Waals surface area contributed by atoms with Crippen molar-refractivity contribution in [2.75, 3.05) is 13.1 Å². The highest BCUT2D eigenvalue weighted by atomic mass is 16.2. The van der Waals surface area contributed by atoms with Gasteiger partial charge in [-0.3, -0.25) is 4.79 Å². The molecule has 0 unspecified atom stereocenters. The summed E-state index contributed by atoms with van der Waals surface area (Å²) in [6, 6.07) is 0.363. The van der Waals surface area contributed by atoms with Gasteiger partial charge in [-0.25, -0.2) is 9.67 Å². The first-order valence-corrected chi connectivity index (χ1v) is 9.38. The quantitative estimate of drug-likeness (QED) is 0.855. The second-order valence-electron chi connectivity index (χ2n) is 7.32. The van der Waals surface area contributed by atoms with Gasteiger partial charge in [-0.1, -0.05) is 18.1 Å². The molecule has 1 amide bonds. The zero-order valence-corrected chi connectivity index (χ0v) is 14.8. The molecule has 0 spiro atoms. The van der Waals surface area contributed by atoms with Crippen molar-refractivity contribution in [3.05, 3.63) is 30.1 Å². The molecule has 1 saturated carbocycles. The van der Waals surface area contributed by atoms with Gasteiger partial charge in [-0.15, -0.1) is 5.10 Å². The number of hydrogen-bond acceptors (Lipinski definition) is 4. The molecule has 1 aliphatic heterocycles. The summed E-state index contributed by atoms with van der Waals surface area (Å²) in [5.41, 5.74) is 1.16. The summed E-state index contributed by atoms with van der Waals surface area (Å²) >= 11 is 0. The van der Waals surface area contributed by atoms with Crippen LogP contribution >= 0.6 is 0 Å². The van der Waals surface area contributed by atoms with E-state index in [0.717, 1.165) is 37.4 Å².